The van der Waals surface area contributed by atoms with Gasteiger partial charge in [-0.3, -0.25) is 19.3 Å². The molecule has 0 bridgehead atoms. The fraction of sp³-hybridized carbons (Fsp3) is 0.500. The van der Waals surface area contributed by atoms with Crippen molar-refractivity contribution in [3.63, 3.8) is 0 Å². The third-order valence-electron chi connectivity index (χ3n) is 5.50. The molecule has 0 saturated carbocycles. The number of ether oxygens (including phenoxy) is 2. The number of piperazine rings is 1. The number of carbonyl (C=O) groups is 5. The Morgan fingerprint density at radius 3 is 2.09 bits per heavy atom. The van der Waals surface area contributed by atoms with Gasteiger partial charge < -0.3 is 19.3 Å². The van der Waals surface area contributed by atoms with Gasteiger partial charge in [0.15, 0.2) is 6.61 Å². The summed E-state index contributed by atoms with van der Waals surface area (Å²) in [5.74, 6) is -1.76. The molecule has 178 valence electrons. The molecule has 10 nitrogen and oxygen atoms in total. The molecule has 1 aromatic carbocycles. The average Bonchev–Trinajstić information content (AvgIpc) is 3.08. The van der Waals surface area contributed by atoms with Crippen LogP contribution in [0.3, 0.4) is 0 Å². The van der Waals surface area contributed by atoms with Gasteiger partial charge in [-0.05, 0) is 37.5 Å². The third kappa shape index (κ3) is 5.47. The van der Waals surface area contributed by atoms with Crippen LogP contribution in [0.25, 0.3) is 0 Å². The van der Waals surface area contributed by atoms with Crippen LogP contribution in [0, 0.1) is 0 Å². The van der Waals surface area contributed by atoms with Gasteiger partial charge in [0.1, 0.15) is 6.04 Å². The minimum atomic E-state index is -1.11. The molecule has 33 heavy (non-hydrogen) atoms. The number of rotatable bonds is 8. The van der Waals surface area contributed by atoms with Crippen LogP contribution < -0.4 is 0 Å². The molecule has 0 radical (unpaired) electrons. The van der Waals surface area contributed by atoms with E-state index in [1.807, 2.05) is 6.26 Å². The van der Waals surface area contributed by atoms with E-state index in [0.29, 0.717) is 31.9 Å². The van der Waals surface area contributed by atoms with E-state index < -0.39 is 42.4 Å². The van der Waals surface area contributed by atoms with Crippen LogP contribution in [0.4, 0.5) is 4.79 Å². The summed E-state index contributed by atoms with van der Waals surface area (Å²) in [6, 6.07) is 5.29. The Morgan fingerprint density at radius 2 is 1.55 bits per heavy atom. The second kappa shape index (κ2) is 11.2. The topological polar surface area (TPSA) is 114 Å². The van der Waals surface area contributed by atoms with Crippen LogP contribution >= 0.6 is 11.8 Å². The van der Waals surface area contributed by atoms with Gasteiger partial charge in [0.25, 0.3) is 17.7 Å². The van der Waals surface area contributed by atoms with Crippen LogP contribution in [-0.2, 0) is 19.1 Å². The Bertz CT molecular complexity index is 895. The average molecular weight is 478 g/mol. The number of esters is 1. The highest BCUT2D eigenvalue weighted by molar-refractivity contribution is 7.98. The summed E-state index contributed by atoms with van der Waals surface area (Å²) in [4.78, 5) is 66.7. The minimum absolute atomic E-state index is 0.220. The first kappa shape index (κ1) is 24.6. The monoisotopic (exact) mass is 477 g/mol. The van der Waals surface area contributed by atoms with Crippen LogP contribution in [-0.4, -0.2) is 102 Å². The molecule has 3 rings (SSSR count). The number of fused-ring (bicyclic) bond motifs is 1. The second-order valence-electron chi connectivity index (χ2n) is 7.50. The Labute approximate surface area is 196 Å². The number of thioether (sulfide) groups is 1. The van der Waals surface area contributed by atoms with Crippen LogP contribution in [0.15, 0.2) is 24.3 Å². The van der Waals surface area contributed by atoms with E-state index in [2.05, 4.69) is 0 Å². The summed E-state index contributed by atoms with van der Waals surface area (Å²) in [5, 5.41) is 0. The quantitative estimate of drug-likeness (QED) is 0.406. The van der Waals surface area contributed by atoms with Crippen molar-refractivity contribution in [3.05, 3.63) is 35.4 Å². The lowest BCUT2D eigenvalue weighted by molar-refractivity contribution is -0.155. The lowest BCUT2D eigenvalue weighted by atomic mass is 10.1. The molecule has 1 fully saturated rings. The molecule has 1 aromatic rings. The number of carbonyl (C=O) groups excluding carboxylic acids is 5. The molecular formula is C22H27N3O7S. The van der Waals surface area contributed by atoms with Gasteiger partial charge >= 0.3 is 12.1 Å². The van der Waals surface area contributed by atoms with E-state index in [-0.39, 0.29) is 24.2 Å². The molecule has 0 aromatic heterocycles. The molecule has 0 spiro atoms. The van der Waals surface area contributed by atoms with E-state index in [9.17, 15) is 24.0 Å². The smallest absolute Gasteiger partial charge is 0.409 e. The SMILES string of the molecule is CCOC(=O)N1CCN(C(=O)COC(=O)[C@@H](CCSC)N2C(=O)c3ccccc3C2=O)CC1. The zero-order chi connectivity index (χ0) is 24.0. The minimum Gasteiger partial charge on any atom is -0.454 e. The van der Waals surface area contributed by atoms with Crippen molar-refractivity contribution in [2.75, 3.05) is 51.4 Å². The molecular weight excluding hydrogens is 450 g/mol. The lowest BCUT2D eigenvalue weighted by Gasteiger charge is -2.34. The third-order valence-corrected chi connectivity index (χ3v) is 6.14. The van der Waals surface area contributed by atoms with Gasteiger partial charge in [-0.25, -0.2) is 9.59 Å². The predicted molar refractivity (Wildman–Crippen MR) is 120 cm³/mol. The molecule has 0 N–H and O–H groups in total. The normalized spacial score (nSPS) is 16.5. The maximum absolute atomic E-state index is 12.9. The summed E-state index contributed by atoms with van der Waals surface area (Å²) in [5.41, 5.74) is 0.500. The zero-order valence-corrected chi connectivity index (χ0v) is 19.5. The van der Waals surface area contributed by atoms with E-state index in [4.69, 9.17) is 9.47 Å². The molecule has 2 heterocycles. The molecule has 2 aliphatic heterocycles. The highest BCUT2D eigenvalue weighted by atomic mass is 32.2. The number of hydrogen-bond donors (Lipinski definition) is 0. The first-order valence-corrected chi connectivity index (χ1v) is 12.1. The number of hydrogen-bond acceptors (Lipinski definition) is 8. The van der Waals surface area contributed by atoms with Crippen molar-refractivity contribution in [3.8, 4) is 0 Å². The van der Waals surface area contributed by atoms with Crippen LogP contribution in [0.1, 0.15) is 34.1 Å². The van der Waals surface area contributed by atoms with Gasteiger partial charge in [0.2, 0.25) is 0 Å². The first-order valence-electron chi connectivity index (χ1n) is 10.7. The molecule has 0 unspecified atom stereocenters. The maximum Gasteiger partial charge on any atom is 0.409 e. The van der Waals surface area contributed by atoms with Gasteiger partial charge in [-0.15, -0.1) is 0 Å². The van der Waals surface area contributed by atoms with Crippen molar-refractivity contribution in [1.82, 2.24) is 14.7 Å². The van der Waals surface area contributed by atoms with Crippen molar-refractivity contribution in [1.29, 1.82) is 0 Å². The van der Waals surface area contributed by atoms with E-state index in [1.54, 1.807) is 31.2 Å². The van der Waals surface area contributed by atoms with E-state index in [1.165, 1.54) is 21.6 Å². The van der Waals surface area contributed by atoms with E-state index in [0.717, 1.165) is 4.90 Å². The highest BCUT2D eigenvalue weighted by Gasteiger charge is 2.43. The molecule has 1 atom stereocenters. The Hall–Kier alpha value is -3.08. The molecule has 2 aliphatic rings. The number of amides is 4. The summed E-state index contributed by atoms with van der Waals surface area (Å²) in [6.07, 6.45) is 1.65. The molecule has 0 aliphatic carbocycles. The predicted octanol–water partition coefficient (Wildman–Crippen LogP) is 1.25. The summed E-state index contributed by atoms with van der Waals surface area (Å²) in [7, 11) is 0. The summed E-state index contributed by atoms with van der Waals surface area (Å²) in [6.45, 7) is 2.73. The fourth-order valence-electron chi connectivity index (χ4n) is 3.75. The van der Waals surface area contributed by atoms with Crippen LogP contribution in [0.5, 0.6) is 0 Å². The fourth-order valence-corrected chi connectivity index (χ4v) is 4.21. The molecule has 11 heteroatoms. The Balaban J connectivity index is 1.59. The molecule has 4 amide bonds. The van der Waals surface area contributed by atoms with Crippen LogP contribution in [0.2, 0.25) is 0 Å². The lowest BCUT2D eigenvalue weighted by Crippen LogP contribution is -2.52. The number of nitrogens with zero attached hydrogens (tertiary/aromatic N) is 3. The van der Waals surface area contributed by atoms with Crippen molar-refractivity contribution in [2.24, 2.45) is 0 Å². The second-order valence-corrected chi connectivity index (χ2v) is 8.48. The maximum atomic E-state index is 12.9. The van der Waals surface area contributed by atoms with Crippen molar-refractivity contribution < 1.29 is 33.4 Å². The number of imide groups is 1. The zero-order valence-electron chi connectivity index (χ0n) is 18.7. The number of benzene rings is 1. The highest BCUT2D eigenvalue weighted by Crippen LogP contribution is 2.26. The summed E-state index contributed by atoms with van der Waals surface area (Å²) < 4.78 is 10.2. The van der Waals surface area contributed by atoms with Gasteiger partial charge in [0.05, 0.1) is 17.7 Å². The van der Waals surface area contributed by atoms with Gasteiger partial charge in [-0.1, -0.05) is 12.1 Å². The van der Waals surface area contributed by atoms with Crippen molar-refractivity contribution >= 4 is 41.5 Å². The summed E-state index contributed by atoms with van der Waals surface area (Å²) >= 11 is 1.47. The van der Waals surface area contributed by atoms with E-state index >= 15 is 0 Å². The molecule has 1 saturated heterocycles. The van der Waals surface area contributed by atoms with Gasteiger partial charge in [-0.2, -0.15) is 11.8 Å². The Kier molecular flexibility index (Phi) is 8.32. The Morgan fingerprint density at radius 1 is 0.970 bits per heavy atom. The van der Waals surface area contributed by atoms with Crippen molar-refractivity contribution in [2.45, 2.75) is 19.4 Å². The largest absolute Gasteiger partial charge is 0.454 e. The standard InChI is InChI=1S/C22H27N3O7S/c1-3-31-22(30)24-11-9-23(10-12-24)18(26)14-32-21(29)17(8-13-33-2)25-19(27)15-6-4-5-7-16(15)20(25)28/h4-7,17H,3,8-14H2,1-2H3/t17-/m1/s1. The first-order chi connectivity index (χ1) is 15.9. The van der Waals surface area contributed by atoms with Gasteiger partial charge in [0, 0.05) is 26.2 Å².